The summed E-state index contributed by atoms with van der Waals surface area (Å²) in [5.74, 6) is 0.907. The fraction of sp³-hybridized carbons (Fsp3) is 0.286. The third kappa shape index (κ3) is 5.94. The maximum Gasteiger partial charge on any atom is 0.329 e. The van der Waals surface area contributed by atoms with Crippen molar-refractivity contribution in [3.8, 4) is 5.75 Å². The van der Waals surface area contributed by atoms with Gasteiger partial charge in [0.2, 0.25) is 0 Å². The van der Waals surface area contributed by atoms with Gasteiger partial charge in [-0.1, -0.05) is 17.4 Å². The van der Waals surface area contributed by atoms with E-state index in [4.69, 9.17) is 27.4 Å². The van der Waals surface area contributed by atoms with E-state index >= 15 is 0 Å². The van der Waals surface area contributed by atoms with Crippen LogP contribution in [0.15, 0.2) is 54.2 Å². The van der Waals surface area contributed by atoms with Gasteiger partial charge in [0.15, 0.2) is 5.25 Å². The Morgan fingerprint density at radius 3 is 2.39 bits per heavy atom. The first-order valence-electron chi connectivity index (χ1n) is 9.81. The Kier molecular flexibility index (Phi) is 8.52. The third-order valence-corrected chi connectivity index (χ3v) is 7.74. The standard InChI is InChI=1S/C21H21Cl2N3O5S2/c1-15-14-32-21(26(27)28)19(15)20(16-3-2-10-24-13-16)33(29,30)31-18-6-4-17(5-7-18)25(11-8-22)12-9-23/h2-7,10,13-14,20H,8-9,11-12H2,1H3. The number of alkyl halides is 2. The van der Waals surface area contributed by atoms with Crippen LogP contribution in [-0.2, 0) is 10.1 Å². The second-order valence-electron chi connectivity index (χ2n) is 7.00. The number of pyridine rings is 1. The van der Waals surface area contributed by atoms with Gasteiger partial charge in [-0.25, -0.2) is 0 Å². The first-order chi connectivity index (χ1) is 15.8. The fourth-order valence-electron chi connectivity index (χ4n) is 3.38. The highest BCUT2D eigenvalue weighted by molar-refractivity contribution is 7.87. The van der Waals surface area contributed by atoms with Crippen LogP contribution >= 0.6 is 34.5 Å². The molecule has 0 amide bonds. The molecule has 1 unspecified atom stereocenters. The number of rotatable bonds is 11. The summed E-state index contributed by atoms with van der Waals surface area (Å²) in [4.78, 5) is 17.0. The summed E-state index contributed by atoms with van der Waals surface area (Å²) in [5.41, 5.74) is 1.65. The van der Waals surface area contributed by atoms with Crippen LogP contribution in [0.5, 0.6) is 5.75 Å². The van der Waals surface area contributed by atoms with Crippen molar-refractivity contribution >= 4 is 55.3 Å². The monoisotopic (exact) mass is 529 g/mol. The number of thiophene rings is 1. The molecule has 2 heterocycles. The average Bonchev–Trinajstić information content (AvgIpc) is 3.16. The molecule has 1 aromatic carbocycles. The number of hydrogen-bond donors (Lipinski definition) is 0. The van der Waals surface area contributed by atoms with Gasteiger partial charge in [0.25, 0.3) is 0 Å². The number of nitro groups is 1. The zero-order valence-electron chi connectivity index (χ0n) is 17.6. The molecule has 0 N–H and O–H groups in total. The average molecular weight is 530 g/mol. The minimum absolute atomic E-state index is 0.0741. The van der Waals surface area contributed by atoms with Crippen molar-refractivity contribution in [2.75, 3.05) is 29.7 Å². The molecule has 0 spiro atoms. The quantitative estimate of drug-likeness (QED) is 0.146. The van der Waals surface area contributed by atoms with Gasteiger partial charge in [-0.05, 0) is 48.4 Å². The van der Waals surface area contributed by atoms with Crippen LogP contribution in [0.25, 0.3) is 0 Å². The topological polar surface area (TPSA) is 103 Å². The molecule has 176 valence electrons. The minimum atomic E-state index is -4.38. The molecule has 0 bridgehead atoms. The molecule has 0 fully saturated rings. The summed E-state index contributed by atoms with van der Waals surface area (Å²) < 4.78 is 32.3. The van der Waals surface area contributed by atoms with Crippen LogP contribution in [0.2, 0.25) is 0 Å². The molecule has 0 radical (unpaired) electrons. The van der Waals surface area contributed by atoms with E-state index in [1.807, 2.05) is 4.90 Å². The van der Waals surface area contributed by atoms with E-state index in [1.165, 1.54) is 24.5 Å². The summed E-state index contributed by atoms with van der Waals surface area (Å²) in [7, 11) is -4.38. The lowest BCUT2D eigenvalue weighted by Crippen LogP contribution is -2.27. The maximum atomic E-state index is 13.4. The molecule has 2 aromatic heterocycles. The van der Waals surface area contributed by atoms with Crippen LogP contribution < -0.4 is 9.08 Å². The Morgan fingerprint density at radius 1 is 1.18 bits per heavy atom. The zero-order valence-corrected chi connectivity index (χ0v) is 20.7. The number of halogens is 2. The Morgan fingerprint density at radius 2 is 1.85 bits per heavy atom. The van der Waals surface area contributed by atoms with Crippen molar-refractivity contribution in [1.82, 2.24) is 4.98 Å². The molecular weight excluding hydrogens is 509 g/mol. The molecule has 3 rings (SSSR count). The van der Waals surface area contributed by atoms with Crippen LogP contribution in [0, 0.1) is 17.0 Å². The molecular formula is C21H21Cl2N3O5S2. The Bertz CT molecular complexity index is 1180. The van der Waals surface area contributed by atoms with Crippen molar-refractivity contribution in [2.45, 2.75) is 12.2 Å². The highest BCUT2D eigenvalue weighted by Gasteiger charge is 2.39. The summed E-state index contributed by atoms with van der Waals surface area (Å²) in [5, 5.41) is 11.5. The van der Waals surface area contributed by atoms with Gasteiger partial charge in [0.1, 0.15) is 5.75 Å². The smallest absolute Gasteiger partial charge is 0.329 e. The molecule has 33 heavy (non-hydrogen) atoms. The van der Waals surface area contributed by atoms with E-state index in [0.29, 0.717) is 30.4 Å². The molecule has 3 aromatic rings. The molecule has 0 saturated heterocycles. The number of benzene rings is 1. The minimum Gasteiger partial charge on any atom is -0.382 e. The summed E-state index contributed by atoms with van der Waals surface area (Å²) in [6.45, 7) is 2.79. The van der Waals surface area contributed by atoms with E-state index in [2.05, 4.69) is 4.98 Å². The van der Waals surface area contributed by atoms with Gasteiger partial charge in [-0.15, -0.1) is 23.2 Å². The van der Waals surface area contributed by atoms with Crippen LogP contribution in [-0.4, -0.2) is 43.2 Å². The van der Waals surface area contributed by atoms with E-state index in [0.717, 1.165) is 17.0 Å². The fourth-order valence-corrected chi connectivity index (χ4v) is 6.30. The van der Waals surface area contributed by atoms with Crippen LogP contribution in [0.4, 0.5) is 10.7 Å². The number of anilines is 1. The lowest BCUT2D eigenvalue weighted by atomic mass is 10.1. The Labute approximate surface area is 206 Å². The number of aromatic nitrogens is 1. The molecule has 12 heteroatoms. The van der Waals surface area contributed by atoms with Gasteiger partial charge >= 0.3 is 15.1 Å². The Balaban J connectivity index is 1.99. The summed E-state index contributed by atoms with van der Waals surface area (Å²) in [6.07, 6.45) is 2.86. The van der Waals surface area contributed by atoms with E-state index in [-0.39, 0.29) is 21.9 Å². The second kappa shape index (κ2) is 11.1. The first kappa shape index (κ1) is 25.2. The van der Waals surface area contributed by atoms with Crippen molar-refractivity contribution < 1.29 is 17.5 Å². The molecule has 0 aliphatic heterocycles. The zero-order chi connectivity index (χ0) is 24.0. The van der Waals surface area contributed by atoms with Crippen LogP contribution in [0.3, 0.4) is 0 Å². The van der Waals surface area contributed by atoms with Gasteiger partial charge in [0.05, 0.1) is 10.5 Å². The molecule has 0 saturated carbocycles. The van der Waals surface area contributed by atoms with Crippen LogP contribution in [0.1, 0.15) is 21.9 Å². The van der Waals surface area contributed by atoms with Crippen molar-refractivity contribution in [3.63, 3.8) is 0 Å². The lowest BCUT2D eigenvalue weighted by Gasteiger charge is -2.23. The Hall–Kier alpha value is -2.40. The molecule has 0 aliphatic rings. The highest BCUT2D eigenvalue weighted by Crippen LogP contribution is 2.42. The predicted octanol–water partition coefficient (Wildman–Crippen LogP) is 5.14. The third-order valence-electron chi connectivity index (χ3n) is 4.83. The normalized spacial score (nSPS) is 12.3. The predicted molar refractivity (Wildman–Crippen MR) is 131 cm³/mol. The number of hydrogen-bond acceptors (Lipinski definition) is 8. The van der Waals surface area contributed by atoms with Crippen molar-refractivity contribution in [3.05, 3.63) is 81.0 Å². The SMILES string of the molecule is Cc1csc([N+](=O)[O-])c1C(c1cccnc1)S(=O)(=O)Oc1ccc(N(CCCl)CCCl)cc1. The second-order valence-corrected chi connectivity index (χ2v) is 10.2. The largest absolute Gasteiger partial charge is 0.382 e. The number of nitrogens with zero attached hydrogens (tertiary/aromatic N) is 3. The van der Waals surface area contributed by atoms with Crippen molar-refractivity contribution in [2.24, 2.45) is 0 Å². The first-order valence-corrected chi connectivity index (χ1v) is 13.2. The summed E-state index contributed by atoms with van der Waals surface area (Å²) in [6, 6.07) is 9.60. The van der Waals surface area contributed by atoms with Gasteiger partial charge in [-0.2, -0.15) is 8.42 Å². The van der Waals surface area contributed by atoms with Gasteiger partial charge < -0.3 is 9.08 Å². The van der Waals surface area contributed by atoms with Gasteiger partial charge in [0, 0.05) is 48.3 Å². The maximum absolute atomic E-state index is 13.4. The lowest BCUT2D eigenvalue weighted by molar-refractivity contribution is -0.380. The highest BCUT2D eigenvalue weighted by atomic mass is 35.5. The van der Waals surface area contributed by atoms with E-state index < -0.39 is 20.3 Å². The van der Waals surface area contributed by atoms with E-state index in [9.17, 15) is 18.5 Å². The molecule has 0 aliphatic carbocycles. The number of aryl methyl sites for hydroxylation is 1. The summed E-state index contributed by atoms with van der Waals surface area (Å²) >= 11 is 12.6. The molecule has 1 atom stereocenters. The van der Waals surface area contributed by atoms with Crippen molar-refractivity contribution in [1.29, 1.82) is 0 Å². The van der Waals surface area contributed by atoms with E-state index in [1.54, 1.807) is 36.6 Å². The van der Waals surface area contributed by atoms with Gasteiger partial charge in [-0.3, -0.25) is 15.1 Å². The molecule has 8 nitrogen and oxygen atoms in total.